The quantitative estimate of drug-likeness (QED) is 0.457. The number of ketones is 1. The summed E-state index contributed by atoms with van der Waals surface area (Å²) in [6.45, 7) is 5.07. The number of hydrogen-bond donors (Lipinski definition) is 1. The van der Waals surface area contributed by atoms with E-state index in [-0.39, 0.29) is 5.78 Å². The summed E-state index contributed by atoms with van der Waals surface area (Å²) in [6.07, 6.45) is 3.89. The highest BCUT2D eigenvalue weighted by molar-refractivity contribution is 8.10. The van der Waals surface area contributed by atoms with Crippen LogP contribution in [-0.4, -0.2) is 28.1 Å². The van der Waals surface area contributed by atoms with Gasteiger partial charge in [0.15, 0.2) is 5.78 Å². The van der Waals surface area contributed by atoms with Gasteiger partial charge >= 0.3 is 0 Å². The molecule has 2 aromatic carbocycles. The Morgan fingerprint density at radius 1 is 0.885 bits per heavy atom. The van der Waals surface area contributed by atoms with E-state index in [1.807, 2.05) is 79.4 Å². The van der Waals surface area contributed by atoms with Crippen LogP contribution >= 0.6 is 24.8 Å². The van der Waals surface area contributed by atoms with Crippen LogP contribution in [0.3, 0.4) is 0 Å². The van der Waals surface area contributed by atoms with Gasteiger partial charge in [0, 0.05) is 24.2 Å². The Kier molecular flexibility index (Phi) is 5.74. The van der Waals surface area contributed by atoms with Crippen molar-refractivity contribution in [3.05, 3.63) is 81.9 Å². The predicted molar refractivity (Wildman–Crippen MR) is 116 cm³/mol. The van der Waals surface area contributed by atoms with Crippen LogP contribution in [0.4, 0.5) is 0 Å². The van der Waals surface area contributed by atoms with E-state index >= 15 is 0 Å². The molecule has 4 heteroatoms. The van der Waals surface area contributed by atoms with E-state index in [0.717, 1.165) is 22.3 Å². The number of thiocarbonyl (C=S) groups is 1. The van der Waals surface area contributed by atoms with Gasteiger partial charge in [0.25, 0.3) is 0 Å². The molecule has 1 saturated heterocycles. The van der Waals surface area contributed by atoms with Crippen LogP contribution in [0.15, 0.2) is 59.7 Å². The summed E-state index contributed by atoms with van der Waals surface area (Å²) in [6, 6.07) is 16.3. The first-order chi connectivity index (χ1) is 12.4. The molecule has 0 aromatic heterocycles. The number of nitrogens with zero attached hydrogens (tertiary/aromatic N) is 1. The zero-order valence-electron chi connectivity index (χ0n) is 14.9. The van der Waals surface area contributed by atoms with E-state index in [2.05, 4.69) is 12.6 Å². The topological polar surface area (TPSA) is 20.3 Å². The molecule has 2 nitrogen and oxygen atoms in total. The van der Waals surface area contributed by atoms with Gasteiger partial charge in [-0.05, 0) is 37.1 Å². The van der Waals surface area contributed by atoms with Crippen molar-refractivity contribution in [2.24, 2.45) is 0 Å². The van der Waals surface area contributed by atoms with Crippen LogP contribution in [0.1, 0.15) is 22.3 Å². The smallest absolute Gasteiger partial charge is 0.188 e. The SMILES string of the molecule is Cc1ccc(/C=C2\CN(C(=S)S)C/C(=C\c3ccc(C)cc3)C2=O)cc1. The number of benzene rings is 2. The predicted octanol–water partition coefficient (Wildman–Crippen LogP) is 4.87. The Bertz CT molecular complexity index is 825. The molecular formula is C22H21NOS2. The summed E-state index contributed by atoms with van der Waals surface area (Å²) in [4.78, 5) is 14.9. The van der Waals surface area contributed by atoms with Gasteiger partial charge in [-0.25, -0.2) is 0 Å². The van der Waals surface area contributed by atoms with E-state index in [0.29, 0.717) is 17.4 Å². The molecule has 0 saturated carbocycles. The highest BCUT2D eigenvalue weighted by atomic mass is 32.1. The van der Waals surface area contributed by atoms with E-state index < -0.39 is 0 Å². The highest BCUT2D eigenvalue weighted by Crippen LogP contribution is 2.23. The molecule has 1 aliphatic rings. The normalized spacial score (nSPS) is 17.8. The van der Waals surface area contributed by atoms with Crippen LogP contribution in [0.2, 0.25) is 0 Å². The van der Waals surface area contributed by atoms with E-state index in [1.165, 1.54) is 11.1 Å². The average molecular weight is 380 g/mol. The summed E-state index contributed by atoms with van der Waals surface area (Å²) in [5, 5.41) is 0. The van der Waals surface area contributed by atoms with Crippen LogP contribution in [-0.2, 0) is 4.79 Å². The second-order valence-corrected chi connectivity index (χ2v) is 7.74. The third kappa shape index (κ3) is 4.51. The number of hydrogen-bond acceptors (Lipinski definition) is 2. The van der Waals surface area contributed by atoms with E-state index in [4.69, 9.17) is 12.2 Å². The maximum absolute atomic E-state index is 13.0. The molecule has 3 rings (SSSR count). The first kappa shape index (κ1) is 18.6. The summed E-state index contributed by atoms with van der Waals surface area (Å²) in [5.41, 5.74) is 5.88. The molecule has 0 amide bonds. The van der Waals surface area contributed by atoms with Crippen LogP contribution in [0.5, 0.6) is 0 Å². The monoisotopic (exact) mass is 379 g/mol. The Morgan fingerprint density at radius 3 is 1.62 bits per heavy atom. The molecule has 1 heterocycles. The third-order valence-electron chi connectivity index (χ3n) is 4.41. The summed E-state index contributed by atoms with van der Waals surface area (Å²) >= 11 is 9.57. The summed E-state index contributed by atoms with van der Waals surface area (Å²) in [7, 11) is 0. The standard InChI is InChI=1S/C22H21NOS2/c1-15-3-7-17(8-4-15)11-19-13-23(22(25)26)14-20(21(19)24)12-18-9-5-16(2)6-10-18/h3-12H,13-14H2,1-2H3,(H,25,26)/b19-11+,20-12+. The minimum absolute atomic E-state index is 0.0759. The Balaban J connectivity index is 1.97. The molecule has 0 atom stereocenters. The number of piperidine rings is 1. The average Bonchev–Trinajstić information content (AvgIpc) is 2.62. The first-order valence-electron chi connectivity index (χ1n) is 8.49. The zero-order chi connectivity index (χ0) is 18.7. The molecule has 132 valence electrons. The lowest BCUT2D eigenvalue weighted by Gasteiger charge is -2.30. The number of carbonyl (C=O) groups is 1. The number of thiol groups is 1. The van der Waals surface area contributed by atoms with Crippen molar-refractivity contribution in [3.63, 3.8) is 0 Å². The van der Waals surface area contributed by atoms with Gasteiger partial charge in [-0.2, -0.15) is 0 Å². The molecule has 0 radical (unpaired) electrons. The van der Waals surface area contributed by atoms with Crippen LogP contribution in [0.25, 0.3) is 12.2 Å². The van der Waals surface area contributed by atoms with Crippen LogP contribution < -0.4 is 0 Å². The first-order valence-corrected chi connectivity index (χ1v) is 9.35. The Morgan fingerprint density at radius 2 is 1.27 bits per heavy atom. The van der Waals surface area contributed by atoms with Gasteiger partial charge in [0.1, 0.15) is 4.32 Å². The van der Waals surface area contributed by atoms with Gasteiger partial charge in [-0.15, -0.1) is 12.6 Å². The molecule has 0 unspecified atom stereocenters. The molecule has 1 aliphatic heterocycles. The maximum atomic E-state index is 13.0. The second-order valence-electron chi connectivity index (χ2n) is 6.63. The van der Waals surface area contributed by atoms with E-state index in [9.17, 15) is 4.79 Å². The molecule has 0 N–H and O–H groups in total. The fraction of sp³-hybridized carbons (Fsp3) is 0.182. The number of carbonyl (C=O) groups excluding carboxylic acids is 1. The molecule has 2 aromatic rings. The minimum Gasteiger partial charge on any atom is -0.349 e. The van der Waals surface area contributed by atoms with Crippen LogP contribution in [0, 0.1) is 13.8 Å². The van der Waals surface area contributed by atoms with Gasteiger partial charge < -0.3 is 4.90 Å². The highest BCUT2D eigenvalue weighted by Gasteiger charge is 2.26. The number of likely N-dealkylation sites (tertiary alicyclic amines) is 1. The van der Waals surface area contributed by atoms with Crippen molar-refractivity contribution in [2.75, 3.05) is 13.1 Å². The van der Waals surface area contributed by atoms with Crippen molar-refractivity contribution in [2.45, 2.75) is 13.8 Å². The van der Waals surface area contributed by atoms with E-state index in [1.54, 1.807) is 0 Å². The fourth-order valence-corrected chi connectivity index (χ4v) is 3.17. The minimum atomic E-state index is 0.0759. The van der Waals surface area contributed by atoms with Gasteiger partial charge in [0.2, 0.25) is 0 Å². The number of aryl methyl sites for hydroxylation is 2. The molecule has 0 aliphatic carbocycles. The van der Waals surface area contributed by atoms with Crippen molar-refractivity contribution in [1.82, 2.24) is 4.90 Å². The number of rotatable bonds is 2. The van der Waals surface area contributed by atoms with Crippen molar-refractivity contribution in [3.8, 4) is 0 Å². The fourth-order valence-electron chi connectivity index (χ4n) is 2.90. The van der Waals surface area contributed by atoms with Gasteiger partial charge in [0.05, 0.1) is 0 Å². The van der Waals surface area contributed by atoms with Gasteiger partial charge in [-0.1, -0.05) is 71.9 Å². The third-order valence-corrected chi connectivity index (χ3v) is 4.95. The molecule has 1 fully saturated rings. The molecule has 0 spiro atoms. The lowest BCUT2D eigenvalue weighted by molar-refractivity contribution is -0.113. The summed E-state index contributed by atoms with van der Waals surface area (Å²) in [5.74, 6) is 0.0759. The second kappa shape index (κ2) is 8.02. The Labute approximate surface area is 165 Å². The molecular weight excluding hydrogens is 358 g/mol. The van der Waals surface area contributed by atoms with Gasteiger partial charge in [-0.3, -0.25) is 4.79 Å². The molecule has 26 heavy (non-hydrogen) atoms. The zero-order valence-corrected chi connectivity index (χ0v) is 16.6. The Hall–Kier alpha value is -2.17. The van der Waals surface area contributed by atoms with Crippen molar-refractivity contribution < 1.29 is 4.79 Å². The van der Waals surface area contributed by atoms with Crippen molar-refractivity contribution >= 4 is 47.1 Å². The lowest BCUT2D eigenvalue weighted by Crippen LogP contribution is -2.39. The largest absolute Gasteiger partial charge is 0.349 e. The van der Waals surface area contributed by atoms with Crippen molar-refractivity contribution in [1.29, 1.82) is 0 Å². The lowest BCUT2D eigenvalue weighted by atomic mass is 9.94. The summed E-state index contributed by atoms with van der Waals surface area (Å²) < 4.78 is 0.502. The molecule has 0 bridgehead atoms. The number of Topliss-reactive ketones (excluding diaryl/α,β-unsaturated/α-hetero) is 1. The maximum Gasteiger partial charge on any atom is 0.188 e.